The number of carboxylic acid groups (broad SMARTS) is 1. The third-order valence-corrected chi connectivity index (χ3v) is 3.53. The number of carbonyl (C=O) groups is 1. The van der Waals surface area contributed by atoms with Crippen molar-refractivity contribution in [3.05, 3.63) is 57.6 Å². The van der Waals surface area contributed by atoms with Gasteiger partial charge in [0.05, 0.1) is 10.7 Å². The molecule has 0 fully saturated rings. The summed E-state index contributed by atoms with van der Waals surface area (Å²) in [7, 11) is 0. The van der Waals surface area contributed by atoms with Crippen LogP contribution in [0.5, 0.6) is 5.75 Å². The number of hydrogen-bond donors (Lipinski definition) is 1. The van der Waals surface area contributed by atoms with Crippen LogP contribution in [-0.2, 0) is 4.79 Å². The maximum Gasteiger partial charge on any atom is 0.341 e. The Morgan fingerprint density at radius 3 is 2.64 bits per heavy atom. The van der Waals surface area contributed by atoms with E-state index in [1.807, 2.05) is 19.1 Å². The van der Waals surface area contributed by atoms with Gasteiger partial charge in [-0.25, -0.2) is 4.79 Å². The molecule has 0 heterocycles. The summed E-state index contributed by atoms with van der Waals surface area (Å²) in [6.45, 7) is 1.49. The van der Waals surface area contributed by atoms with Gasteiger partial charge in [0.15, 0.2) is 6.61 Å². The Morgan fingerprint density at radius 2 is 2.00 bits per heavy atom. The molecule has 2 aromatic rings. The molecular formula is C16H13Cl2NO3. The van der Waals surface area contributed by atoms with Gasteiger partial charge in [0.1, 0.15) is 5.75 Å². The number of aliphatic imine (C=N–C) groups is 1. The molecule has 2 rings (SSSR count). The van der Waals surface area contributed by atoms with E-state index in [1.54, 1.807) is 30.5 Å². The maximum atomic E-state index is 10.5. The Bertz CT molecular complexity index is 729. The van der Waals surface area contributed by atoms with Gasteiger partial charge in [-0.1, -0.05) is 29.3 Å². The van der Waals surface area contributed by atoms with E-state index in [1.165, 1.54) is 0 Å². The fraction of sp³-hybridized carbons (Fsp3) is 0.125. The molecule has 4 nitrogen and oxygen atoms in total. The lowest BCUT2D eigenvalue weighted by molar-refractivity contribution is -0.139. The van der Waals surface area contributed by atoms with Crippen molar-refractivity contribution in [1.82, 2.24) is 0 Å². The molecule has 0 saturated carbocycles. The van der Waals surface area contributed by atoms with Crippen LogP contribution in [0.3, 0.4) is 0 Å². The minimum Gasteiger partial charge on any atom is -0.480 e. The van der Waals surface area contributed by atoms with Crippen LogP contribution in [0.2, 0.25) is 10.0 Å². The molecule has 0 aromatic heterocycles. The molecule has 2 aromatic carbocycles. The first-order chi connectivity index (χ1) is 10.5. The van der Waals surface area contributed by atoms with Crippen LogP contribution in [0.1, 0.15) is 11.1 Å². The summed E-state index contributed by atoms with van der Waals surface area (Å²) >= 11 is 12.1. The van der Waals surface area contributed by atoms with Crippen molar-refractivity contribution >= 4 is 41.1 Å². The van der Waals surface area contributed by atoms with Crippen molar-refractivity contribution < 1.29 is 14.6 Å². The van der Waals surface area contributed by atoms with Crippen LogP contribution < -0.4 is 4.74 Å². The highest BCUT2D eigenvalue weighted by Crippen LogP contribution is 2.26. The van der Waals surface area contributed by atoms with E-state index in [-0.39, 0.29) is 0 Å². The van der Waals surface area contributed by atoms with E-state index in [0.29, 0.717) is 15.8 Å². The monoisotopic (exact) mass is 337 g/mol. The average Bonchev–Trinajstić information content (AvgIpc) is 2.47. The van der Waals surface area contributed by atoms with Gasteiger partial charge in [0.2, 0.25) is 0 Å². The second-order valence-electron chi connectivity index (χ2n) is 4.56. The first kappa shape index (κ1) is 16.3. The molecular weight excluding hydrogens is 325 g/mol. The van der Waals surface area contributed by atoms with Gasteiger partial charge < -0.3 is 9.84 Å². The third-order valence-electron chi connectivity index (χ3n) is 2.83. The Morgan fingerprint density at radius 1 is 1.23 bits per heavy atom. The van der Waals surface area contributed by atoms with E-state index in [0.717, 1.165) is 16.8 Å². The van der Waals surface area contributed by atoms with E-state index in [4.69, 9.17) is 33.0 Å². The number of aliphatic carboxylic acids is 1. The van der Waals surface area contributed by atoms with Gasteiger partial charge in [-0.05, 0) is 48.4 Å². The molecule has 22 heavy (non-hydrogen) atoms. The lowest BCUT2D eigenvalue weighted by atomic mass is 10.2. The predicted octanol–water partition coefficient (Wildman–Crippen LogP) is 4.52. The number of aryl methyl sites for hydroxylation is 1. The Balaban J connectivity index is 2.12. The summed E-state index contributed by atoms with van der Waals surface area (Å²) in [5, 5.41) is 9.56. The minimum absolute atomic E-state index is 0.319. The van der Waals surface area contributed by atoms with Crippen molar-refractivity contribution in [3.8, 4) is 5.75 Å². The van der Waals surface area contributed by atoms with E-state index in [2.05, 4.69) is 4.99 Å². The molecule has 114 valence electrons. The van der Waals surface area contributed by atoms with Crippen molar-refractivity contribution in [1.29, 1.82) is 0 Å². The van der Waals surface area contributed by atoms with Crippen LogP contribution in [0.25, 0.3) is 0 Å². The SMILES string of the molecule is Cc1ccc(N=Cc2ccc(OCC(=O)O)c(Cl)c2)cc1Cl. The third kappa shape index (κ3) is 4.48. The van der Waals surface area contributed by atoms with Crippen molar-refractivity contribution in [2.45, 2.75) is 6.92 Å². The first-order valence-electron chi connectivity index (χ1n) is 6.40. The molecule has 0 amide bonds. The Hall–Kier alpha value is -2.04. The fourth-order valence-electron chi connectivity index (χ4n) is 1.67. The molecule has 0 bridgehead atoms. The lowest BCUT2D eigenvalue weighted by Gasteiger charge is -2.06. The molecule has 0 spiro atoms. The zero-order chi connectivity index (χ0) is 16.1. The van der Waals surface area contributed by atoms with Crippen LogP contribution in [-0.4, -0.2) is 23.9 Å². The molecule has 0 aliphatic carbocycles. The van der Waals surface area contributed by atoms with Gasteiger partial charge in [-0.15, -0.1) is 0 Å². The number of carboxylic acids is 1. The number of rotatable bonds is 5. The topological polar surface area (TPSA) is 58.9 Å². The molecule has 6 heteroatoms. The number of ether oxygens (including phenoxy) is 1. The molecule has 1 N–H and O–H groups in total. The van der Waals surface area contributed by atoms with Gasteiger partial charge in [0, 0.05) is 11.2 Å². The average molecular weight is 338 g/mol. The summed E-state index contributed by atoms with van der Waals surface area (Å²) in [5.74, 6) is -0.738. The maximum absolute atomic E-state index is 10.5. The Kier molecular flexibility index (Phi) is 5.41. The van der Waals surface area contributed by atoms with Crippen molar-refractivity contribution in [2.75, 3.05) is 6.61 Å². The first-order valence-corrected chi connectivity index (χ1v) is 7.15. The molecule has 0 saturated heterocycles. The predicted molar refractivity (Wildman–Crippen MR) is 88.0 cm³/mol. The second kappa shape index (κ2) is 7.29. The van der Waals surface area contributed by atoms with Crippen LogP contribution >= 0.6 is 23.2 Å². The summed E-state index contributed by atoms with van der Waals surface area (Å²) in [5.41, 5.74) is 2.49. The van der Waals surface area contributed by atoms with E-state index < -0.39 is 12.6 Å². The minimum atomic E-state index is -1.06. The zero-order valence-electron chi connectivity index (χ0n) is 11.7. The molecule has 0 atom stereocenters. The number of halogens is 2. The summed E-state index contributed by atoms with van der Waals surface area (Å²) in [4.78, 5) is 14.8. The summed E-state index contributed by atoms with van der Waals surface area (Å²) < 4.78 is 5.05. The quantitative estimate of drug-likeness (QED) is 0.816. The standard InChI is InChI=1S/C16H13Cl2NO3/c1-10-2-4-12(7-13(10)17)19-8-11-3-5-15(14(18)6-11)22-9-16(20)21/h2-8H,9H2,1H3,(H,20,21). The van der Waals surface area contributed by atoms with Crippen molar-refractivity contribution in [3.63, 3.8) is 0 Å². The number of nitrogens with zero attached hydrogens (tertiary/aromatic N) is 1. The highest BCUT2D eigenvalue weighted by atomic mass is 35.5. The molecule has 0 aliphatic rings. The number of benzene rings is 2. The zero-order valence-corrected chi connectivity index (χ0v) is 13.2. The van der Waals surface area contributed by atoms with E-state index >= 15 is 0 Å². The van der Waals surface area contributed by atoms with Gasteiger partial charge in [0.25, 0.3) is 0 Å². The summed E-state index contributed by atoms with van der Waals surface area (Å²) in [6, 6.07) is 10.5. The van der Waals surface area contributed by atoms with Crippen LogP contribution in [0.4, 0.5) is 5.69 Å². The smallest absolute Gasteiger partial charge is 0.341 e. The molecule has 0 unspecified atom stereocenters. The number of hydrogen-bond acceptors (Lipinski definition) is 3. The second-order valence-corrected chi connectivity index (χ2v) is 5.38. The fourth-order valence-corrected chi connectivity index (χ4v) is 2.08. The largest absolute Gasteiger partial charge is 0.480 e. The lowest BCUT2D eigenvalue weighted by Crippen LogP contribution is -2.09. The summed E-state index contributed by atoms with van der Waals surface area (Å²) in [6.07, 6.45) is 1.65. The van der Waals surface area contributed by atoms with Gasteiger partial charge in [-0.3, -0.25) is 4.99 Å². The molecule has 0 aliphatic heterocycles. The van der Waals surface area contributed by atoms with E-state index in [9.17, 15) is 4.79 Å². The normalized spacial score (nSPS) is 10.9. The van der Waals surface area contributed by atoms with Gasteiger partial charge >= 0.3 is 5.97 Å². The highest BCUT2D eigenvalue weighted by Gasteiger charge is 2.05. The molecule has 0 radical (unpaired) electrons. The van der Waals surface area contributed by atoms with Crippen molar-refractivity contribution in [2.24, 2.45) is 4.99 Å². The van der Waals surface area contributed by atoms with Crippen LogP contribution in [0, 0.1) is 6.92 Å². The highest BCUT2D eigenvalue weighted by molar-refractivity contribution is 6.32. The van der Waals surface area contributed by atoms with Gasteiger partial charge in [-0.2, -0.15) is 0 Å². The van der Waals surface area contributed by atoms with Crippen LogP contribution in [0.15, 0.2) is 41.4 Å². The Labute approximate surface area is 138 Å².